The zero-order valence-electron chi connectivity index (χ0n) is 18.1. The van der Waals surface area contributed by atoms with E-state index in [-0.39, 0.29) is 5.41 Å². The van der Waals surface area contributed by atoms with Crippen molar-refractivity contribution in [3.63, 3.8) is 0 Å². The first-order chi connectivity index (χ1) is 13.2. The Kier molecular flexibility index (Phi) is 6.04. The highest BCUT2D eigenvalue weighted by molar-refractivity contribution is 5.32. The minimum atomic E-state index is 0.0771. The molecule has 0 saturated carbocycles. The van der Waals surface area contributed by atoms with Crippen molar-refractivity contribution in [1.82, 2.24) is 15.0 Å². The zero-order valence-corrected chi connectivity index (χ0v) is 18.1. The first-order valence-corrected chi connectivity index (χ1v) is 10.2. The lowest BCUT2D eigenvalue weighted by molar-refractivity contribution is 0.107. The molecule has 0 aromatic carbocycles. The molecule has 1 unspecified atom stereocenters. The van der Waals surface area contributed by atoms with E-state index in [0.717, 1.165) is 43.3 Å². The van der Waals surface area contributed by atoms with Crippen LogP contribution in [0.4, 0.5) is 0 Å². The van der Waals surface area contributed by atoms with Crippen LogP contribution in [0.15, 0.2) is 24.7 Å². The van der Waals surface area contributed by atoms with Gasteiger partial charge in [-0.25, -0.2) is 15.0 Å². The van der Waals surface area contributed by atoms with Gasteiger partial charge in [0, 0.05) is 29.2 Å². The molecule has 0 spiro atoms. The van der Waals surface area contributed by atoms with Crippen molar-refractivity contribution in [1.29, 1.82) is 0 Å². The van der Waals surface area contributed by atoms with Gasteiger partial charge in [-0.2, -0.15) is 0 Å². The van der Waals surface area contributed by atoms with E-state index in [4.69, 9.17) is 9.47 Å². The number of hydrogen-bond acceptors (Lipinski definition) is 5. The standard InChI is InChI=1S/C12H17NO.C11H16N2O/c1-12(2,3)10-6-8-14-11-9(10)5-4-7-13-11;1-11(2,3)10-8-6-14-5-4-9(8)12-7-13-10/h4-5,7,10H,6,8H2,1-3H3;7H,4-6H2,1-3H3. The van der Waals surface area contributed by atoms with Crippen LogP contribution in [0.2, 0.25) is 0 Å². The van der Waals surface area contributed by atoms with E-state index >= 15 is 0 Å². The third-order valence-electron chi connectivity index (χ3n) is 5.34. The molecule has 0 saturated heterocycles. The first kappa shape index (κ1) is 20.7. The Morgan fingerprint density at radius 2 is 1.79 bits per heavy atom. The summed E-state index contributed by atoms with van der Waals surface area (Å²) in [6.07, 6.45) is 5.48. The summed E-state index contributed by atoms with van der Waals surface area (Å²) in [5.74, 6) is 1.40. The maximum Gasteiger partial charge on any atom is 0.216 e. The summed E-state index contributed by atoms with van der Waals surface area (Å²) in [7, 11) is 0. The van der Waals surface area contributed by atoms with Gasteiger partial charge in [-0.1, -0.05) is 47.6 Å². The van der Waals surface area contributed by atoms with Crippen molar-refractivity contribution in [2.75, 3.05) is 13.2 Å². The number of hydrogen-bond donors (Lipinski definition) is 0. The SMILES string of the molecule is CC(C)(C)C1CCOc2ncccc21.CC(C)(C)c1ncnc2c1COCC2. The molecule has 2 aliphatic rings. The van der Waals surface area contributed by atoms with Crippen LogP contribution in [0.1, 0.15) is 76.4 Å². The molecule has 0 N–H and O–H groups in total. The lowest BCUT2D eigenvalue weighted by Gasteiger charge is -2.34. The fraction of sp³-hybridized carbons (Fsp3) is 0.609. The van der Waals surface area contributed by atoms with E-state index in [1.54, 1.807) is 12.5 Å². The van der Waals surface area contributed by atoms with Gasteiger partial charge in [0.15, 0.2) is 0 Å². The minimum Gasteiger partial charge on any atom is -0.477 e. The minimum absolute atomic E-state index is 0.0771. The zero-order chi connectivity index (χ0) is 20.4. The number of rotatable bonds is 0. The quantitative estimate of drug-likeness (QED) is 0.651. The average Bonchev–Trinajstić information content (AvgIpc) is 2.66. The molecule has 0 fully saturated rings. The predicted molar refractivity (Wildman–Crippen MR) is 111 cm³/mol. The van der Waals surface area contributed by atoms with Gasteiger partial charge in [0.2, 0.25) is 5.88 Å². The maximum absolute atomic E-state index is 5.54. The van der Waals surface area contributed by atoms with Gasteiger partial charge in [0.1, 0.15) is 6.33 Å². The number of aromatic nitrogens is 3. The molecular formula is C23H33N3O2. The van der Waals surface area contributed by atoms with Crippen LogP contribution < -0.4 is 4.74 Å². The Morgan fingerprint density at radius 3 is 2.50 bits per heavy atom. The van der Waals surface area contributed by atoms with E-state index in [1.807, 2.05) is 6.07 Å². The first-order valence-electron chi connectivity index (χ1n) is 10.2. The summed E-state index contributed by atoms with van der Waals surface area (Å²) < 4.78 is 11.0. The van der Waals surface area contributed by atoms with Crippen molar-refractivity contribution in [2.45, 2.75) is 72.3 Å². The fourth-order valence-electron chi connectivity index (χ4n) is 3.92. The summed E-state index contributed by atoms with van der Waals surface area (Å²) in [6, 6.07) is 4.13. The Hall–Kier alpha value is -2.01. The van der Waals surface area contributed by atoms with E-state index in [0.29, 0.717) is 17.9 Å². The van der Waals surface area contributed by atoms with Crippen LogP contribution in [0, 0.1) is 5.41 Å². The number of fused-ring (bicyclic) bond motifs is 2. The molecule has 5 heteroatoms. The number of ether oxygens (including phenoxy) is 2. The summed E-state index contributed by atoms with van der Waals surface area (Å²) in [4.78, 5) is 12.9. The lowest BCUT2D eigenvalue weighted by atomic mass is 9.74. The van der Waals surface area contributed by atoms with Gasteiger partial charge in [0.25, 0.3) is 0 Å². The van der Waals surface area contributed by atoms with Crippen LogP contribution in [0.25, 0.3) is 0 Å². The lowest BCUT2D eigenvalue weighted by Crippen LogP contribution is -2.25. The van der Waals surface area contributed by atoms with Crippen molar-refractivity contribution < 1.29 is 9.47 Å². The predicted octanol–water partition coefficient (Wildman–Crippen LogP) is 4.84. The van der Waals surface area contributed by atoms with E-state index < -0.39 is 0 Å². The molecule has 5 nitrogen and oxygen atoms in total. The smallest absolute Gasteiger partial charge is 0.216 e. The van der Waals surface area contributed by atoms with Crippen molar-refractivity contribution in [2.24, 2.45) is 5.41 Å². The van der Waals surface area contributed by atoms with Crippen LogP contribution in [-0.2, 0) is 23.2 Å². The molecule has 0 aliphatic carbocycles. The Balaban J connectivity index is 0.000000161. The van der Waals surface area contributed by atoms with Crippen molar-refractivity contribution >= 4 is 0 Å². The third kappa shape index (κ3) is 4.69. The third-order valence-corrected chi connectivity index (χ3v) is 5.34. The molecule has 4 heterocycles. The molecule has 0 amide bonds. The summed E-state index contributed by atoms with van der Waals surface area (Å²) >= 11 is 0. The molecule has 28 heavy (non-hydrogen) atoms. The molecule has 2 aromatic rings. The molecule has 1 atom stereocenters. The molecule has 2 aromatic heterocycles. The Bertz CT molecular complexity index is 806. The van der Waals surface area contributed by atoms with Gasteiger partial charge in [-0.15, -0.1) is 0 Å². The highest BCUT2D eigenvalue weighted by Crippen LogP contribution is 2.43. The van der Waals surface area contributed by atoms with Gasteiger partial charge in [0.05, 0.1) is 31.2 Å². The molecular weight excluding hydrogens is 350 g/mol. The topological polar surface area (TPSA) is 57.1 Å². The summed E-state index contributed by atoms with van der Waals surface area (Å²) in [5, 5.41) is 0. The maximum atomic E-state index is 5.54. The van der Waals surface area contributed by atoms with Gasteiger partial charge >= 0.3 is 0 Å². The Morgan fingerprint density at radius 1 is 1.00 bits per heavy atom. The number of pyridine rings is 1. The second kappa shape index (κ2) is 8.16. The largest absolute Gasteiger partial charge is 0.477 e. The van der Waals surface area contributed by atoms with Crippen LogP contribution in [0.5, 0.6) is 5.88 Å². The molecule has 0 bridgehead atoms. The normalized spacial score (nSPS) is 18.9. The van der Waals surface area contributed by atoms with Crippen LogP contribution in [0.3, 0.4) is 0 Å². The molecule has 0 radical (unpaired) electrons. The van der Waals surface area contributed by atoms with E-state index in [1.165, 1.54) is 11.1 Å². The van der Waals surface area contributed by atoms with Gasteiger partial charge in [-0.05, 0) is 23.8 Å². The summed E-state index contributed by atoms with van der Waals surface area (Å²) in [6.45, 7) is 15.6. The van der Waals surface area contributed by atoms with E-state index in [9.17, 15) is 0 Å². The van der Waals surface area contributed by atoms with Crippen LogP contribution >= 0.6 is 0 Å². The van der Waals surface area contributed by atoms with Crippen molar-refractivity contribution in [3.05, 3.63) is 47.2 Å². The molecule has 4 rings (SSSR count). The monoisotopic (exact) mass is 383 g/mol. The van der Waals surface area contributed by atoms with E-state index in [2.05, 4.69) is 62.6 Å². The summed E-state index contributed by atoms with van der Waals surface area (Å²) in [5.41, 5.74) is 5.13. The van der Waals surface area contributed by atoms with Gasteiger partial charge < -0.3 is 9.47 Å². The highest BCUT2D eigenvalue weighted by Gasteiger charge is 2.31. The van der Waals surface area contributed by atoms with Crippen molar-refractivity contribution in [3.8, 4) is 5.88 Å². The number of nitrogens with zero attached hydrogens (tertiary/aromatic N) is 3. The Labute approximate surface area is 168 Å². The highest BCUT2D eigenvalue weighted by atomic mass is 16.5. The fourth-order valence-corrected chi connectivity index (χ4v) is 3.92. The average molecular weight is 384 g/mol. The van der Waals surface area contributed by atoms with Crippen LogP contribution in [-0.4, -0.2) is 28.2 Å². The second-order valence-corrected chi connectivity index (χ2v) is 9.65. The molecule has 2 aliphatic heterocycles. The van der Waals surface area contributed by atoms with Gasteiger partial charge in [-0.3, -0.25) is 0 Å². The molecule has 152 valence electrons. The second-order valence-electron chi connectivity index (χ2n) is 9.65.